The fraction of sp³-hybridized carbons (Fsp3) is 0. The third kappa shape index (κ3) is 3.81. The van der Waals surface area contributed by atoms with E-state index in [9.17, 15) is 0 Å². The zero-order valence-electron chi connectivity index (χ0n) is 23.0. The second kappa shape index (κ2) is 9.33. The first kappa shape index (κ1) is 23.8. The van der Waals surface area contributed by atoms with Gasteiger partial charge in [-0.25, -0.2) is 15.0 Å². The van der Waals surface area contributed by atoms with Gasteiger partial charge in [0.25, 0.3) is 0 Å². The molecule has 0 radical (unpaired) electrons. The lowest BCUT2D eigenvalue weighted by Gasteiger charge is -2.11. The first-order valence-corrected chi connectivity index (χ1v) is 14.4. The Morgan fingerprint density at radius 3 is 1.95 bits per heavy atom. The predicted molar refractivity (Wildman–Crippen MR) is 176 cm³/mol. The summed E-state index contributed by atoms with van der Waals surface area (Å²) in [6.45, 7) is 0. The molecule has 0 aliphatic carbocycles. The fourth-order valence-electron chi connectivity index (χ4n) is 6.27. The van der Waals surface area contributed by atoms with Crippen LogP contribution in [0.4, 0.5) is 0 Å². The first-order chi connectivity index (χ1) is 21.3. The second-order valence-corrected chi connectivity index (χ2v) is 10.8. The van der Waals surface area contributed by atoms with E-state index in [1.165, 1.54) is 16.2 Å². The molecular weight excluding hydrogens is 526 g/mol. The molecule has 0 spiro atoms. The Kier molecular flexibility index (Phi) is 5.16. The Labute approximate surface area is 246 Å². The molecule has 9 rings (SSSR count). The van der Waals surface area contributed by atoms with Crippen molar-refractivity contribution in [1.29, 1.82) is 0 Å². The van der Waals surface area contributed by atoms with Crippen LogP contribution in [-0.2, 0) is 0 Å². The van der Waals surface area contributed by atoms with Gasteiger partial charge in [0.05, 0.1) is 0 Å². The molecule has 0 saturated heterocycles. The molecule has 4 nitrogen and oxygen atoms in total. The molecule has 0 fully saturated rings. The van der Waals surface area contributed by atoms with E-state index in [-0.39, 0.29) is 0 Å². The van der Waals surface area contributed by atoms with Crippen molar-refractivity contribution in [2.75, 3.05) is 0 Å². The van der Waals surface area contributed by atoms with Gasteiger partial charge in [-0.05, 0) is 56.6 Å². The molecule has 0 saturated carbocycles. The van der Waals surface area contributed by atoms with Crippen LogP contribution in [-0.4, -0.2) is 15.0 Å². The molecule has 0 atom stereocenters. The number of benzene rings is 7. The molecule has 0 aliphatic rings. The van der Waals surface area contributed by atoms with Crippen LogP contribution in [0.1, 0.15) is 0 Å². The highest BCUT2D eigenvalue weighted by Gasteiger charge is 2.17. The number of furan rings is 1. The average molecular weight is 550 g/mol. The van der Waals surface area contributed by atoms with Crippen LogP contribution in [0, 0.1) is 0 Å². The standard InChI is InChI=1S/C39H23N3O/c1-2-10-25(11-3-1)37-40-38(27-19-20-29-26(23-27)18-17-24-9-4-5-12-28(24)29)42-39(41-37)32-15-8-14-31-30(32)21-22-35-36(31)33-13-6-7-16-34(33)43-35/h1-23H. The summed E-state index contributed by atoms with van der Waals surface area (Å²) in [5.41, 5.74) is 4.61. The predicted octanol–water partition coefficient (Wildman–Crippen LogP) is 10.2. The Hall–Kier alpha value is -5.87. The lowest BCUT2D eigenvalue weighted by atomic mass is 9.99. The molecule has 43 heavy (non-hydrogen) atoms. The van der Waals surface area contributed by atoms with E-state index in [4.69, 9.17) is 19.4 Å². The minimum absolute atomic E-state index is 0.639. The Morgan fingerprint density at radius 1 is 0.372 bits per heavy atom. The summed E-state index contributed by atoms with van der Waals surface area (Å²) in [7, 11) is 0. The van der Waals surface area contributed by atoms with Crippen LogP contribution in [0.15, 0.2) is 144 Å². The smallest absolute Gasteiger partial charge is 0.164 e. The molecule has 0 amide bonds. The number of hydrogen-bond acceptors (Lipinski definition) is 4. The number of aromatic nitrogens is 3. The van der Waals surface area contributed by atoms with E-state index in [1.54, 1.807) is 0 Å². The molecule has 200 valence electrons. The van der Waals surface area contributed by atoms with Crippen molar-refractivity contribution in [3.05, 3.63) is 140 Å². The molecule has 0 bridgehead atoms. The van der Waals surface area contributed by atoms with Crippen molar-refractivity contribution in [1.82, 2.24) is 15.0 Å². The highest BCUT2D eigenvalue weighted by molar-refractivity contribution is 6.20. The van der Waals surface area contributed by atoms with Crippen molar-refractivity contribution < 1.29 is 4.42 Å². The lowest BCUT2D eigenvalue weighted by molar-refractivity contribution is 0.669. The van der Waals surface area contributed by atoms with Gasteiger partial charge in [0.2, 0.25) is 0 Å². The van der Waals surface area contributed by atoms with Crippen molar-refractivity contribution in [3.8, 4) is 34.2 Å². The van der Waals surface area contributed by atoms with Crippen LogP contribution in [0.2, 0.25) is 0 Å². The Balaban J connectivity index is 1.29. The summed E-state index contributed by atoms with van der Waals surface area (Å²) in [5, 5.41) is 9.22. The third-order valence-electron chi connectivity index (χ3n) is 8.31. The zero-order chi connectivity index (χ0) is 28.3. The minimum atomic E-state index is 0.639. The largest absolute Gasteiger partial charge is 0.456 e. The highest BCUT2D eigenvalue weighted by Crippen LogP contribution is 2.38. The van der Waals surface area contributed by atoms with Crippen LogP contribution in [0.5, 0.6) is 0 Å². The first-order valence-electron chi connectivity index (χ1n) is 14.4. The average Bonchev–Trinajstić information content (AvgIpc) is 3.47. The van der Waals surface area contributed by atoms with E-state index in [0.717, 1.165) is 54.8 Å². The summed E-state index contributed by atoms with van der Waals surface area (Å²) < 4.78 is 6.18. The topological polar surface area (TPSA) is 51.8 Å². The van der Waals surface area contributed by atoms with Gasteiger partial charge in [-0.15, -0.1) is 0 Å². The summed E-state index contributed by atoms with van der Waals surface area (Å²) in [6, 6.07) is 48.1. The molecule has 0 unspecified atom stereocenters. The van der Waals surface area contributed by atoms with E-state index in [2.05, 4.69) is 97.1 Å². The number of rotatable bonds is 3. The van der Waals surface area contributed by atoms with Gasteiger partial charge in [-0.3, -0.25) is 0 Å². The van der Waals surface area contributed by atoms with E-state index >= 15 is 0 Å². The quantitative estimate of drug-likeness (QED) is 0.206. The van der Waals surface area contributed by atoms with E-state index in [1.807, 2.05) is 42.5 Å². The van der Waals surface area contributed by atoms with Gasteiger partial charge in [-0.2, -0.15) is 0 Å². The molecule has 2 aromatic heterocycles. The van der Waals surface area contributed by atoms with Crippen molar-refractivity contribution in [3.63, 3.8) is 0 Å². The molecule has 0 N–H and O–H groups in total. The zero-order valence-corrected chi connectivity index (χ0v) is 23.0. The molecule has 9 aromatic rings. The number of fused-ring (bicyclic) bond motifs is 8. The molecule has 0 aliphatic heterocycles. The van der Waals surface area contributed by atoms with Gasteiger partial charge in [0.15, 0.2) is 17.5 Å². The molecule has 7 aromatic carbocycles. The van der Waals surface area contributed by atoms with E-state index < -0.39 is 0 Å². The molecular formula is C39H23N3O. The Morgan fingerprint density at radius 2 is 1.05 bits per heavy atom. The highest BCUT2D eigenvalue weighted by atomic mass is 16.3. The summed E-state index contributed by atoms with van der Waals surface area (Å²) in [6.07, 6.45) is 0. The monoisotopic (exact) mass is 549 g/mol. The molecule has 2 heterocycles. The summed E-state index contributed by atoms with van der Waals surface area (Å²) in [4.78, 5) is 15.1. The fourth-order valence-corrected chi connectivity index (χ4v) is 6.27. The Bertz CT molecular complexity index is 2510. The van der Waals surface area contributed by atoms with Crippen molar-refractivity contribution >= 4 is 54.3 Å². The van der Waals surface area contributed by atoms with Crippen molar-refractivity contribution in [2.45, 2.75) is 0 Å². The summed E-state index contributed by atoms with van der Waals surface area (Å²) >= 11 is 0. The minimum Gasteiger partial charge on any atom is -0.456 e. The maximum atomic E-state index is 6.18. The normalized spacial score (nSPS) is 11.7. The van der Waals surface area contributed by atoms with Gasteiger partial charge in [0, 0.05) is 27.5 Å². The van der Waals surface area contributed by atoms with Gasteiger partial charge in [0.1, 0.15) is 11.2 Å². The van der Waals surface area contributed by atoms with Crippen LogP contribution >= 0.6 is 0 Å². The van der Waals surface area contributed by atoms with Crippen molar-refractivity contribution in [2.24, 2.45) is 0 Å². The third-order valence-corrected chi connectivity index (χ3v) is 8.31. The van der Waals surface area contributed by atoms with E-state index in [0.29, 0.717) is 17.5 Å². The lowest BCUT2D eigenvalue weighted by Crippen LogP contribution is -2.00. The number of nitrogens with zero attached hydrogens (tertiary/aromatic N) is 3. The second-order valence-electron chi connectivity index (χ2n) is 10.8. The maximum absolute atomic E-state index is 6.18. The maximum Gasteiger partial charge on any atom is 0.164 e. The van der Waals surface area contributed by atoms with Crippen LogP contribution < -0.4 is 0 Å². The number of hydrogen-bond donors (Lipinski definition) is 0. The SMILES string of the molecule is c1ccc(-c2nc(-c3ccc4c(ccc5ccccc54)c3)nc(-c3cccc4c3ccc3oc5ccccc5c34)n2)cc1. The van der Waals surface area contributed by atoms with Gasteiger partial charge in [-0.1, -0.05) is 115 Å². The molecule has 4 heteroatoms. The van der Waals surface area contributed by atoms with Crippen LogP contribution in [0.3, 0.4) is 0 Å². The van der Waals surface area contributed by atoms with Gasteiger partial charge < -0.3 is 4.42 Å². The summed E-state index contributed by atoms with van der Waals surface area (Å²) in [5.74, 6) is 1.93. The van der Waals surface area contributed by atoms with Crippen LogP contribution in [0.25, 0.3) is 88.4 Å². The number of para-hydroxylation sites is 1. The van der Waals surface area contributed by atoms with Gasteiger partial charge >= 0.3 is 0 Å².